The molecular weight excluding hydrogens is 169 g/mol. The van der Waals surface area contributed by atoms with E-state index >= 15 is 0 Å². The van der Waals surface area contributed by atoms with E-state index in [0.717, 1.165) is 0 Å². The maximum atomic E-state index is 0. The maximum absolute atomic E-state index is 0. The fourth-order valence-electron chi connectivity index (χ4n) is 0. The van der Waals surface area contributed by atoms with Gasteiger partial charge in [0.15, 0.2) is 0 Å². The van der Waals surface area contributed by atoms with Gasteiger partial charge in [-0.15, -0.1) is 37.2 Å². The van der Waals surface area contributed by atoms with Crippen molar-refractivity contribution >= 4 is 105 Å². The molecule has 0 amide bonds. The van der Waals surface area contributed by atoms with Gasteiger partial charge in [0.2, 0.25) is 0 Å². The Hall–Kier alpha value is 3.13. The van der Waals surface area contributed by atoms with Gasteiger partial charge in [-0.2, -0.15) is 0 Å². The summed E-state index contributed by atoms with van der Waals surface area (Å²) in [6.45, 7) is 0. The van der Waals surface area contributed by atoms with Crippen LogP contribution in [-0.4, -0.2) is 67.3 Å². The van der Waals surface area contributed by atoms with E-state index in [1.54, 1.807) is 0 Å². The molecule has 0 aliphatic rings. The van der Waals surface area contributed by atoms with Gasteiger partial charge in [-0.1, -0.05) is 0 Å². The molecule has 0 N–H and O–H groups in total. The van der Waals surface area contributed by atoms with Crippen LogP contribution in [0.3, 0.4) is 0 Å². The molecule has 0 aliphatic carbocycles. The molecule has 0 unspecified atom stereocenters. The summed E-state index contributed by atoms with van der Waals surface area (Å²) >= 11 is 0. The van der Waals surface area contributed by atoms with Crippen LogP contribution in [0.4, 0.5) is 0 Å². The van der Waals surface area contributed by atoms with Gasteiger partial charge >= 0.3 is 67.3 Å². The molecule has 5 heteroatoms. The third-order valence-corrected chi connectivity index (χ3v) is 0. The van der Waals surface area contributed by atoms with Crippen LogP contribution in [0.2, 0.25) is 0 Å². The normalized spacial score (nSPS) is 0. The molecule has 0 aromatic rings. The van der Waals surface area contributed by atoms with Crippen molar-refractivity contribution in [3.63, 3.8) is 0 Å². The molecule has 0 radical (unpaired) electrons. The van der Waals surface area contributed by atoms with E-state index < -0.39 is 0 Å². The molecule has 0 saturated heterocycles. The Morgan fingerprint density at radius 1 is 0.600 bits per heavy atom. The molecule has 0 rings (SSSR count). The van der Waals surface area contributed by atoms with Crippen molar-refractivity contribution in [1.82, 2.24) is 0 Å². The van der Waals surface area contributed by atoms with E-state index in [4.69, 9.17) is 0 Å². The van der Waals surface area contributed by atoms with Crippen LogP contribution in [0.5, 0.6) is 0 Å². The van der Waals surface area contributed by atoms with Crippen LogP contribution in [-0.2, 0) is 0 Å². The van der Waals surface area contributed by atoms with Gasteiger partial charge in [0.1, 0.15) is 0 Å². The SMILES string of the molecule is Cl.Cl.Cl.[CaH2].[NaH]. The number of hydrogen-bond acceptors (Lipinski definition) is 0. The van der Waals surface area contributed by atoms with Gasteiger partial charge < -0.3 is 0 Å². The zero-order valence-corrected chi connectivity index (χ0v) is 3.67. The molecule has 0 heterocycles. The summed E-state index contributed by atoms with van der Waals surface area (Å²) < 4.78 is 0. The second-order valence-electron chi connectivity index (χ2n) is 0. The van der Waals surface area contributed by atoms with E-state index in [-0.39, 0.29) is 105 Å². The average Bonchev–Trinajstić information content (AvgIpc) is 0. The van der Waals surface area contributed by atoms with E-state index in [2.05, 4.69) is 0 Å². The van der Waals surface area contributed by atoms with Gasteiger partial charge in [0.25, 0.3) is 0 Å². The monoisotopic (exact) mass is 174 g/mol. The third kappa shape index (κ3) is 19.2. The predicted octanol–water partition coefficient (Wildman–Crippen LogP) is -0.299. The second kappa shape index (κ2) is 27.3. The van der Waals surface area contributed by atoms with Gasteiger partial charge in [0.05, 0.1) is 0 Å². The third-order valence-electron chi connectivity index (χ3n) is 0. The quantitative estimate of drug-likeness (QED) is 0.444. The van der Waals surface area contributed by atoms with Crippen molar-refractivity contribution in [3.05, 3.63) is 0 Å². The summed E-state index contributed by atoms with van der Waals surface area (Å²) in [7, 11) is 0. The van der Waals surface area contributed by atoms with Gasteiger partial charge in [-0.05, 0) is 0 Å². The Morgan fingerprint density at radius 2 is 0.600 bits per heavy atom. The number of halogens is 3. The first-order valence-electron chi connectivity index (χ1n) is 0. The van der Waals surface area contributed by atoms with E-state index in [9.17, 15) is 0 Å². The molecule has 0 fully saturated rings. The van der Waals surface area contributed by atoms with Crippen molar-refractivity contribution in [1.29, 1.82) is 0 Å². The van der Waals surface area contributed by atoms with Crippen molar-refractivity contribution in [2.24, 2.45) is 0 Å². The van der Waals surface area contributed by atoms with Crippen LogP contribution >= 0.6 is 37.2 Å². The standard InChI is InChI=1S/Ca.3ClH.Na.3H/h;3*1H;;;;. The first-order valence-corrected chi connectivity index (χ1v) is 0. The molecule has 0 saturated carbocycles. The Kier molecular flexibility index (Phi) is 231. The summed E-state index contributed by atoms with van der Waals surface area (Å²) in [6.07, 6.45) is 0. The fourth-order valence-corrected chi connectivity index (χ4v) is 0. The first-order chi connectivity index (χ1) is 0. The number of rotatable bonds is 0. The minimum atomic E-state index is 0. The zero-order chi connectivity index (χ0) is 0. The molecule has 0 aromatic heterocycles. The van der Waals surface area contributed by atoms with Crippen molar-refractivity contribution in [2.75, 3.05) is 0 Å². The summed E-state index contributed by atoms with van der Waals surface area (Å²) in [5.41, 5.74) is 0. The van der Waals surface area contributed by atoms with Crippen LogP contribution in [0.25, 0.3) is 0 Å². The van der Waals surface area contributed by atoms with E-state index in [1.165, 1.54) is 0 Å². The predicted molar refractivity (Wildman–Crippen MR) is 37.4 cm³/mol. The van der Waals surface area contributed by atoms with Crippen LogP contribution in [0.1, 0.15) is 0 Å². The van der Waals surface area contributed by atoms with E-state index in [0.29, 0.717) is 0 Å². The van der Waals surface area contributed by atoms with Gasteiger partial charge in [0, 0.05) is 0 Å². The molecule has 0 aromatic carbocycles. The molecule has 0 spiro atoms. The molecular formula is H6CaCl3Na. The summed E-state index contributed by atoms with van der Waals surface area (Å²) in [5, 5.41) is 0. The Bertz CT molecular complexity index is 6.85. The van der Waals surface area contributed by atoms with Gasteiger partial charge in [-0.3, -0.25) is 0 Å². The van der Waals surface area contributed by atoms with Crippen LogP contribution < -0.4 is 0 Å². The second-order valence-corrected chi connectivity index (χ2v) is 0. The van der Waals surface area contributed by atoms with Crippen molar-refractivity contribution in [3.8, 4) is 0 Å². The van der Waals surface area contributed by atoms with Crippen LogP contribution in [0.15, 0.2) is 0 Å². The molecule has 0 atom stereocenters. The Morgan fingerprint density at radius 3 is 0.600 bits per heavy atom. The Labute approximate surface area is 102 Å². The zero-order valence-electron chi connectivity index (χ0n) is 1.22. The fraction of sp³-hybridized carbons (Fsp3) is 0. The molecule has 0 aliphatic heterocycles. The topological polar surface area (TPSA) is 0 Å². The molecule has 0 nitrogen and oxygen atoms in total. The molecule has 0 bridgehead atoms. The van der Waals surface area contributed by atoms with Crippen LogP contribution in [0, 0.1) is 0 Å². The molecule has 5 heavy (non-hydrogen) atoms. The summed E-state index contributed by atoms with van der Waals surface area (Å²) in [5.74, 6) is 0. The average molecular weight is 175 g/mol. The summed E-state index contributed by atoms with van der Waals surface area (Å²) in [4.78, 5) is 0. The van der Waals surface area contributed by atoms with Crippen molar-refractivity contribution < 1.29 is 0 Å². The summed E-state index contributed by atoms with van der Waals surface area (Å²) in [6, 6.07) is 0. The van der Waals surface area contributed by atoms with Gasteiger partial charge in [-0.25, -0.2) is 0 Å². The first kappa shape index (κ1) is 42.2. The minimum absolute atomic E-state index is 0. The molecule has 30 valence electrons. The van der Waals surface area contributed by atoms with E-state index in [1.807, 2.05) is 0 Å². The van der Waals surface area contributed by atoms with Crippen molar-refractivity contribution in [2.45, 2.75) is 0 Å². The Balaban J connectivity index is 0. The number of hydrogen-bond donors (Lipinski definition) is 0.